The van der Waals surface area contributed by atoms with Gasteiger partial charge < -0.3 is 19.9 Å². The summed E-state index contributed by atoms with van der Waals surface area (Å²) in [6, 6.07) is 1.69. The zero-order valence-corrected chi connectivity index (χ0v) is 21.7. The van der Waals surface area contributed by atoms with E-state index in [0.717, 1.165) is 42.6 Å². The summed E-state index contributed by atoms with van der Waals surface area (Å²) in [4.78, 5) is 52.6. The third-order valence-corrected chi connectivity index (χ3v) is 7.41. The van der Waals surface area contributed by atoms with E-state index >= 15 is 0 Å². The number of para-hydroxylation sites is 1. The Balaban J connectivity index is 1.56. The van der Waals surface area contributed by atoms with Crippen LogP contribution in [0.1, 0.15) is 25.1 Å². The van der Waals surface area contributed by atoms with Crippen molar-refractivity contribution in [2.45, 2.75) is 43.7 Å². The maximum atomic E-state index is 13.5. The van der Waals surface area contributed by atoms with Crippen LogP contribution in [0.25, 0.3) is 10.9 Å². The van der Waals surface area contributed by atoms with Crippen LogP contribution in [0.5, 0.6) is 5.75 Å². The number of carboxylic acids is 1. The fourth-order valence-electron chi connectivity index (χ4n) is 4.19. The topological polar surface area (TPSA) is 135 Å². The Morgan fingerprint density at radius 3 is 2.46 bits per heavy atom. The first-order valence-corrected chi connectivity index (χ1v) is 12.6. The third-order valence-electron chi connectivity index (χ3n) is 6.07. The molecule has 2 aromatic rings. The lowest BCUT2D eigenvalue weighted by molar-refractivity contribution is -0.151. The summed E-state index contributed by atoms with van der Waals surface area (Å²) in [5, 5.41) is 10.7. The van der Waals surface area contributed by atoms with E-state index in [2.05, 4.69) is 10.3 Å². The molecule has 1 unspecified atom stereocenters. The molecule has 0 bridgehead atoms. The lowest BCUT2D eigenvalue weighted by atomic mass is 10.0. The molecule has 2 amide bonds. The maximum absolute atomic E-state index is 13.5. The van der Waals surface area contributed by atoms with E-state index in [4.69, 9.17) is 9.47 Å². The average Bonchev–Trinajstić information content (AvgIpc) is 2.87. The number of aromatic nitrogens is 1. The van der Waals surface area contributed by atoms with Crippen molar-refractivity contribution in [1.29, 1.82) is 0 Å². The van der Waals surface area contributed by atoms with Crippen molar-refractivity contribution in [3.05, 3.63) is 46.8 Å². The van der Waals surface area contributed by atoms with Crippen molar-refractivity contribution in [3.63, 3.8) is 0 Å². The van der Waals surface area contributed by atoms with Gasteiger partial charge in [0.25, 0.3) is 11.8 Å². The Labute approximate surface area is 230 Å². The van der Waals surface area contributed by atoms with Gasteiger partial charge in [-0.2, -0.15) is 26.3 Å². The minimum absolute atomic E-state index is 0.0482. The van der Waals surface area contributed by atoms with E-state index in [1.807, 2.05) is 0 Å². The number of nitrogens with one attached hydrogen (secondary N) is 1. The van der Waals surface area contributed by atoms with Crippen LogP contribution in [0.3, 0.4) is 0 Å². The van der Waals surface area contributed by atoms with Gasteiger partial charge in [-0.05, 0) is 19.1 Å². The number of aliphatic carboxylic acids is 1. The number of esters is 1. The molecule has 1 aromatic carbocycles. The van der Waals surface area contributed by atoms with Gasteiger partial charge in [-0.1, -0.05) is 6.07 Å². The Morgan fingerprint density at radius 1 is 1.20 bits per heavy atom. The number of benzene rings is 1. The molecule has 3 heterocycles. The second kappa shape index (κ2) is 10.8. The van der Waals surface area contributed by atoms with Crippen molar-refractivity contribution in [3.8, 4) is 5.75 Å². The molecule has 4 rings (SSSR count). The molecule has 0 radical (unpaired) electrons. The number of alkyl halides is 6. The number of pyridine rings is 1. The fourth-order valence-corrected chi connectivity index (χ4v) is 5.51. The molecule has 17 heteroatoms. The number of fused-ring (bicyclic) bond motifs is 2. The number of hydrogen-bond acceptors (Lipinski definition) is 8. The lowest BCUT2D eigenvalue weighted by Crippen LogP contribution is -2.71. The highest BCUT2D eigenvalue weighted by molar-refractivity contribution is 8.00. The van der Waals surface area contributed by atoms with Gasteiger partial charge in [0.05, 0.1) is 11.1 Å². The third kappa shape index (κ3) is 5.89. The number of carboxylic acid groups (broad SMARTS) is 1. The summed E-state index contributed by atoms with van der Waals surface area (Å²) in [5.74, 6) is -4.59. The number of thioether (sulfide) groups is 1. The second-order valence-corrected chi connectivity index (χ2v) is 10.0. The number of halogens is 6. The molecule has 41 heavy (non-hydrogen) atoms. The average molecular weight is 607 g/mol. The van der Waals surface area contributed by atoms with E-state index in [-0.39, 0.29) is 17.9 Å². The smallest absolute Gasteiger partial charge is 0.433 e. The van der Waals surface area contributed by atoms with Crippen LogP contribution >= 0.6 is 11.8 Å². The number of amides is 2. The quantitative estimate of drug-likeness (QED) is 0.276. The highest BCUT2D eigenvalue weighted by Gasteiger charge is 2.54. The molecule has 2 aliphatic heterocycles. The van der Waals surface area contributed by atoms with Crippen LogP contribution in [-0.4, -0.2) is 68.6 Å². The predicted octanol–water partition coefficient (Wildman–Crippen LogP) is 3.34. The van der Waals surface area contributed by atoms with Gasteiger partial charge in [0.2, 0.25) is 0 Å². The lowest BCUT2D eigenvalue weighted by Gasteiger charge is -2.49. The van der Waals surface area contributed by atoms with Crippen LogP contribution in [0.2, 0.25) is 0 Å². The number of nitrogens with zero attached hydrogens (tertiary/aromatic N) is 2. The first kappa shape index (κ1) is 30.0. The second-order valence-electron chi connectivity index (χ2n) is 8.90. The summed E-state index contributed by atoms with van der Waals surface area (Å²) >= 11 is 1.07. The number of rotatable bonds is 7. The number of ether oxygens (including phenoxy) is 2. The van der Waals surface area contributed by atoms with Crippen molar-refractivity contribution >= 4 is 46.4 Å². The Morgan fingerprint density at radius 2 is 1.88 bits per heavy atom. The standard InChI is InChI=1S/C24H19F6N3O7S/c1-9(40-14-6-15(24(28,29)30)31-16-12(14)4-3-5-13(16)23(25,26)27)19(35)32-17-20(36)33-18(22(37)38)11(7-39-10(2)34)8-41-21(17)33/h3-6,9,17,21H,7-8H2,1-2H3,(H,32,35)(H,37,38)/t9?,17-,21-/m1/s1. The van der Waals surface area contributed by atoms with E-state index in [1.54, 1.807) is 0 Å². The van der Waals surface area contributed by atoms with Gasteiger partial charge in [0.1, 0.15) is 35.2 Å². The fraction of sp³-hybridized carbons (Fsp3) is 0.375. The van der Waals surface area contributed by atoms with Crippen LogP contribution < -0.4 is 10.1 Å². The molecule has 1 aromatic heterocycles. The zero-order chi connectivity index (χ0) is 30.4. The number of carbonyl (C=O) groups is 4. The van der Waals surface area contributed by atoms with Gasteiger partial charge in [0.15, 0.2) is 6.10 Å². The van der Waals surface area contributed by atoms with E-state index in [0.29, 0.717) is 12.1 Å². The summed E-state index contributed by atoms with van der Waals surface area (Å²) < 4.78 is 91.0. The molecule has 3 atom stereocenters. The van der Waals surface area contributed by atoms with Gasteiger partial charge in [0, 0.05) is 29.7 Å². The molecule has 1 saturated heterocycles. The molecule has 2 aliphatic rings. The van der Waals surface area contributed by atoms with E-state index in [9.17, 15) is 50.6 Å². The summed E-state index contributed by atoms with van der Waals surface area (Å²) in [6.45, 7) is 1.87. The first-order chi connectivity index (χ1) is 19.0. The van der Waals surface area contributed by atoms with Crippen molar-refractivity contribution in [2.75, 3.05) is 12.4 Å². The van der Waals surface area contributed by atoms with Crippen LogP contribution in [0.15, 0.2) is 35.5 Å². The largest absolute Gasteiger partial charge is 0.480 e. The minimum atomic E-state index is -5.14. The summed E-state index contributed by atoms with van der Waals surface area (Å²) in [6.07, 6.45) is -11.8. The van der Waals surface area contributed by atoms with Crippen molar-refractivity contribution in [2.24, 2.45) is 0 Å². The summed E-state index contributed by atoms with van der Waals surface area (Å²) in [5.41, 5.74) is -4.39. The molecule has 2 N–H and O–H groups in total. The molecule has 220 valence electrons. The SMILES string of the molecule is CC(=O)OCC1=C(C(=O)O)N2C(=O)[C@@H](NC(=O)C(C)Oc3cc(C(F)(F)F)nc4c(C(F)(F)F)cccc34)[C@H]2SC1. The van der Waals surface area contributed by atoms with Crippen LogP contribution in [-0.2, 0) is 36.3 Å². The van der Waals surface area contributed by atoms with Gasteiger partial charge in [-0.25, -0.2) is 9.78 Å². The molecular formula is C24H19F6N3O7S. The predicted molar refractivity (Wildman–Crippen MR) is 128 cm³/mol. The molecular weight excluding hydrogens is 588 g/mol. The van der Waals surface area contributed by atoms with E-state index < -0.39 is 87.2 Å². The van der Waals surface area contributed by atoms with Gasteiger partial charge in [-0.3, -0.25) is 19.3 Å². The van der Waals surface area contributed by atoms with Crippen LogP contribution in [0.4, 0.5) is 26.3 Å². The van der Waals surface area contributed by atoms with Crippen LogP contribution in [0, 0.1) is 0 Å². The first-order valence-electron chi connectivity index (χ1n) is 11.6. The molecule has 0 saturated carbocycles. The van der Waals surface area contributed by atoms with Gasteiger partial charge in [-0.15, -0.1) is 11.8 Å². The van der Waals surface area contributed by atoms with Gasteiger partial charge >= 0.3 is 24.3 Å². The Bertz CT molecular complexity index is 1480. The Kier molecular flexibility index (Phi) is 7.86. The summed E-state index contributed by atoms with van der Waals surface area (Å²) in [7, 11) is 0. The molecule has 1 fully saturated rings. The normalized spacial score (nSPS) is 19.8. The monoisotopic (exact) mass is 607 g/mol. The highest BCUT2D eigenvalue weighted by atomic mass is 32.2. The molecule has 0 aliphatic carbocycles. The highest BCUT2D eigenvalue weighted by Crippen LogP contribution is 2.42. The minimum Gasteiger partial charge on any atom is -0.480 e. The number of β-lactam (4-membered cyclic amide) rings is 1. The molecule has 10 nitrogen and oxygen atoms in total. The zero-order valence-electron chi connectivity index (χ0n) is 20.9. The molecule has 0 spiro atoms. The van der Waals surface area contributed by atoms with Crippen molar-refractivity contribution < 1.29 is 60.1 Å². The number of carbonyl (C=O) groups excluding carboxylic acids is 3. The van der Waals surface area contributed by atoms with Crippen molar-refractivity contribution in [1.82, 2.24) is 15.2 Å². The van der Waals surface area contributed by atoms with E-state index in [1.165, 1.54) is 0 Å². The maximum Gasteiger partial charge on any atom is 0.433 e. The number of hydrogen-bond donors (Lipinski definition) is 2. The Hall–Kier alpha value is -4.02.